The summed E-state index contributed by atoms with van der Waals surface area (Å²) < 4.78 is 5.43. The van der Waals surface area contributed by atoms with Crippen molar-refractivity contribution in [3.8, 4) is 0 Å². The van der Waals surface area contributed by atoms with Crippen LogP contribution in [0.1, 0.15) is 45.2 Å². The van der Waals surface area contributed by atoms with E-state index in [-0.39, 0.29) is 5.91 Å². The summed E-state index contributed by atoms with van der Waals surface area (Å²) in [5.41, 5.74) is 1.10. The molecule has 5 nitrogen and oxygen atoms in total. The van der Waals surface area contributed by atoms with Crippen LogP contribution in [0.15, 0.2) is 29.0 Å². The number of aromatic nitrogens is 1. The predicted molar refractivity (Wildman–Crippen MR) is 90.1 cm³/mol. The number of amides is 1. The Hall–Kier alpha value is -1.88. The topological polar surface area (TPSA) is 58.4 Å². The molecule has 1 unspecified atom stereocenters. The number of hydrogen-bond donors (Lipinski definition) is 1. The van der Waals surface area contributed by atoms with Crippen molar-refractivity contribution in [1.82, 2.24) is 15.2 Å². The standard InChI is InChI=1S/C18H25N3O2/c1-18(2,17-14-8-11-23-15(14)7-9-19-17)20-16(22)12-13-6-4-5-10-21(13)3/h7-9,11,13H,4-6,10,12H2,1-3H3,(H,20,22). The van der Waals surface area contributed by atoms with Gasteiger partial charge in [-0.15, -0.1) is 0 Å². The minimum absolute atomic E-state index is 0.0797. The van der Waals surface area contributed by atoms with E-state index < -0.39 is 5.54 Å². The van der Waals surface area contributed by atoms with E-state index in [0.29, 0.717) is 12.5 Å². The maximum absolute atomic E-state index is 12.5. The second-order valence-corrected chi connectivity index (χ2v) is 7.00. The number of carbonyl (C=O) groups is 1. The highest BCUT2D eigenvalue weighted by atomic mass is 16.3. The number of hydrogen-bond acceptors (Lipinski definition) is 4. The normalized spacial score (nSPS) is 19.9. The van der Waals surface area contributed by atoms with Gasteiger partial charge in [-0.2, -0.15) is 0 Å². The molecule has 0 bridgehead atoms. The molecule has 0 spiro atoms. The highest BCUT2D eigenvalue weighted by molar-refractivity contribution is 5.82. The van der Waals surface area contributed by atoms with E-state index in [4.69, 9.17) is 4.42 Å². The molecule has 1 atom stereocenters. The van der Waals surface area contributed by atoms with Crippen LogP contribution in [0.3, 0.4) is 0 Å². The van der Waals surface area contributed by atoms with Crippen LogP contribution in [0.25, 0.3) is 11.0 Å². The monoisotopic (exact) mass is 315 g/mol. The van der Waals surface area contributed by atoms with E-state index in [1.54, 1.807) is 12.5 Å². The first-order valence-electron chi connectivity index (χ1n) is 8.31. The zero-order valence-corrected chi connectivity index (χ0v) is 14.1. The number of fused-ring (bicyclic) bond motifs is 1. The van der Waals surface area contributed by atoms with Gasteiger partial charge in [0.05, 0.1) is 17.5 Å². The van der Waals surface area contributed by atoms with Gasteiger partial charge in [0.25, 0.3) is 0 Å². The van der Waals surface area contributed by atoms with Gasteiger partial charge in [0, 0.05) is 24.0 Å². The molecule has 1 aliphatic heterocycles. The van der Waals surface area contributed by atoms with Crippen molar-refractivity contribution in [2.75, 3.05) is 13.6 Å². The molecule has 3 heterocycles. The third kappa shape index (κ3) is 3.39. The molecule has 1 amide bonds. The Morgan fingerprint density at radius 2 is 2.26 bits per heavy atom. The third-order valence-electron chi connectivity index (χ3n) is 4.77. The van der Waals surface area contributed by atoms with Crippen molar-refractivity contribution in [2.24, 2.45) is 0 Å². The Morgan fingerprint density at radius 1 is 1.43 bits per heavy atom. The summed E-state index contributed by atoms with van der Waals surface area (Å²) in [7, 11) is 2.11. The SMILES string of the molecule is CN1CCCCC1CC(=O)NC(C)(C)c1nccc2occc12. The first-order chi connectivity index (χ1) is 11.0. The molecule has 2 aromatic heterocycles. The molecule has 5 heteroatoms. The Labute approximate surface area is 137 Å². The molecule has 23 heavy (non-hydrogen) atoms. The van der Waals surface area contributed by atoms with Gasteiger partial charge in [-0.25, -0.2) is 0 Å². The van der Waals surface area contributed by atoms with Crippen molar-refractivity contribution in [2.45, 2.75) is 51.1 Å². The highest BCUT2D eigenvalue weighted by Gasteiger charge is 2.29. The van der Waals surface area contributed by atoms with Gasteiger partial charge < -0.3 is 14.6 Å². The van der Waals surface area contributed by atoms with Crippen LogP contribution in [-0.2, 0) is 10.3 Å². The quantitative estimate of drug-likeness (QED) is 0.942. The number of carbonyl (C=O) groups excluding carboxylic acids is 1. The molecule has 3 rings (SSSR count). The average molecular weight is 315 g/mol. The Bertz CT molecular complexity index is 692. The lowest BCUT2D eigenvalue weighted by molar-refractivity contribution is -0.124. The fraction of sp³-hybridized carbons (Fsp3) is 0.556. The van der Waals surface area contributed by atoms with Gasteiger partial charge in [-0.05, 0) is 52.4 Å². The summed E-state index contributed by atoms with van der Waals surface area (Å²) in [5, 5.41) is 4.10. The molecule has 0 aromatic carbocycles. The molecule has 0 saturated carbocycles. The van der Waals surface area contributed by atoms with Gasteiger partial charge in [0.2, 0.25) is 5.91 Å². The van der Waals surface area contributed by atoms with Crippen LogP contribution < -0.4 is 5.32 Å². The summed E-state index contributed by atoms with van der Waals surface area (Å²) >= 11 is 0. The lowest BCUT2D eigenvalue weighted by Crippen LogP contribution is -2.45. The van der Waals surface area contributed by atoms with Gasteiger partial charge >= 0.3 is 0 Å². The molecule has 1 aliphatic rings. The Kier molecular flexibility index (Phi) is 4.39. The van der Waals surface area contributed by atoms with Gasteiger partial charge in [0.15, 0.2) is 0 Å². The molecule has 0 radical (unpaired) electrons. The molecule has 1 N–H and O–H groups in total. The van der Waals surface area contributed by atoms with Crippen LogP contribution in [0.5, 0.6) is 0 Å². The second-order valence-electron chi connectivity index (χ2n) is 7.00. The van der Waals surface area contributed by atoms with Gasteiger partial charge in [-0.3, -0.25) is 9.78 Å². The lowest BCUT2D eigenvalue weighted by atomic mass is 9.95. The van der Waals surface area contributed by atoms with Crippen molar-refractivity contribution in [3.63, 3.8) is 0 Å². The number of furan rings is 1. The van der Waals surface area contributed by atoms with E-state index in [0.717, 1.165) is 29.6 Å². The molecule has 0 aliphatic carbocycles. The van der Waals surface area contributed by atoms with Crippen molar-refractivity contribution >= 4 is 16.9 Å². The zero-order valence-electron chi connectivity index (χ0n) is 14.1. The molecule has 1 saturated heterocycles. The maximum Gasteiger partial charge on any atom is 0.222 e. The van der Waals surface area contributed by atoms with Crippen molar-refractivity contribution in [1.29, 1.82) is 0 Å². The molecular weight excluding hydrogens is 290 g/mol. The number of piperidine rings is 1. The first kappa shape index (κ1) is 16.0. The molecule has 124 valence electrons. The fourth-order valence-electron chi connectivity index (χ4n) is 3.47. The van der Waals surface area contributed by atoms with E-state index in [2.05, 4.69) is 22.2 Å². The first-order valence-corrected chi connectivity index (χ1v) is 8.31. The minimum atomic E-state index is -0.534. The second kappa shape index (κ2) is 6.32. The highest BCUT2D eigenvalue weighted by Crippen LogP contribution is 2.27. The fourth-order valence-corrected chi connectivity index (χ4v) is 3.47. The van der Waals surface area contributed by atoms with Gasteiger partial charge in [-0.1, -0.05) is 6.42 Å². The van der Waals surface area contributed by atoms with Crippen LogP contribution in [0.4, 0.5) is 0 Å². The van der Waals surface area contributed by atoms with E-state index in [1.165, 1.54) is 12.8 Å². The van der Waals surface area contributed by atoms with E-state index in [1.807, 2.05) is 26.0 Å². The summed E-state index contributed by atoms with van der Waals surface area (Å²) in [4.78, 5) is 19.3. The van der Waals surface area contributed by atoms with E-state index >= 15 is 0 Å². The minimum Gasteiger partial charge on any atom is -0.464 e. The number of nitrogens with one attached hydrogen (secondary N) is 1. The molecular formula is C18H25N3O2. The molecule has 2 aromatic rings. The number of nitrogens with zero attached hydrogens (tertiary/aromatic N) is 2. The van der Waals surface area contributed by atoms with Crippen molar-refractivity contribution in [3.05, 3.63) is 30.3 Å². The van der Waals surface area contributed by atoms with Crippen LogP contribution in [-0.4, -0.2) is 35.4 Å². The van der Waals surface area contributed by atoms with Crippen LogP contribution in [0, 0.1) is 0 Å². The zero-order chi connectivity index (χ0) is 16.4. The Balaban J connectivity index is 1.72. The third-order valence-corrected chi connectivity index (χ3v) is 4.77. The summed E-state index contributed by atoms with van der Waals surface area (Å²) in [6, 6.07) is 4.09. The average Bonchev–Trinajstić information content (AvgIpc) is 2.97. The largest absolute Gasteiger partial charge is 0.464 e. The lowest BCUT2D eigenvalue weighted by Gasteiger charge is -2.33. The summed E-state index contributed by atoms with van der Waals surface area (Å²) in [6.45, 7) is 5.06. The van der Waals surface area contributed by atoms with E-state index in [9.17, 15) is 4.79 Å². The maximum atomic E-state index is 12.5. The van der Waals surface area contributed by atoms with Crippen LogP contribution in [0.2, 0.25) is 0 Å². The number of likely N-dealkylation sites (tertiary alicyclic amines) is 1. The van der Waals surface area contributed by atoms with Crippen molar-refractivity contribution < 1.29 is 9.21 Å². The molecule has 1 fully saturated rings. The smallest absolute Gasteiger partial charge is 0.222 e. The number of rotatable bonds is 4. The summed E-state index contributed by atoms with van der Waals surface area (Å²) in [6.07, 6.45) is 7.46. The predicted octanol–water partition coefficient (Wildman–Crippen LogP) is 3.05. The number of pyridine rings is 1. The Morgan fingerprint density at radius 3 is 3.04 bits per heavy atom. The van der Waals surface area contributed by atoms with Gasteiger partial charge in [0.1, 0.15) is 5.58 Å². The van der Waals surface area contributed by atoms with Crippen LogP contribution >= 0.6 is 0 Å². The summed E-state index contributed by atoms with van der Waals surface area (Å²) in [5.74, 6) is 0.0797.